The molecule has 5 nitrogen and oxygen atoms in total. The first-order valence-corrected chi connectivity index (χ1v) is 3.21. The molecule has 0 saturated heterocycles. The van der Waals surface area contributed by atoms with Crippen LogP contribution in [0.2, 0.25) is 0 Å². The summed E-state index contributed by atoms with van der Waals surface area (Å²) >= 11 is 0. The Labute approximate surface area is 52.2 Å². The zero-order valence-corrected chi connectivity index (χ0v) is 5.34. The van der Waals surface area contributed by atoms with E-state index in [0.29, 0.717) is 0 Å². The maximum Gasteiger partial charge on any atom is 0.488 e. The van der Waals surface area contributed by atoms with E-state index in [2.05, 4.69) is 4.52 Å². The molecule has 9 heavy (non-hydrogen) atoms. The average Bonchev–Trinajstić information content (AvgIpc) is 1.63. The van der Waals surface area contributed by atoms with Gasteiger partial charge in [0.25, 0.3) is 0 Å². The molecule has 1 unspecified atom stereocenters. The van der Waals surface area contributed by atoms with Gasteiger partial charge in [-0.15, -0.1) is 4.52 Å². The van der Waals surface area contributed by atoms with Crippen molar-refractivity contribution < 1.29 is 23.9 Å². The van der Waals surface area contributed by atoms with Gasteiger partial charge in [-0.2, -0.15) is 0 Å². The lowest BCUT2D eigenvalue weighted by molar-refractivity contribution is -0.185. The highest BCUT2D eigenvalue weighted by Gasteiger charge is 2.03. The lowest BCUT2D eigenvalue weighted by Crippen LogP contribution is -2.01. The van der Waals surface area contributed by atoms with E-state index in [1.165, 1.54) is 0 Å². The molecule has 0 amide bonds. The van der Waals surface area contributed by atoms with Crippen LogP contribution in [0.15, 0.2) is 0 Å². The van der Waals surface area contributed by atoms with Crippen molar-refractivity contribution in [3.05, 3.63) is 0 Å². The third-order valence-electron chi connectivity index (χ3n) is 0.513. The minimum absolute atomic E-state index is 0.284. The molecule has 0 aromatic heterocycles. The van der Waals surface area contributed by atoms with Crippen LogP contribution in [-0.2, 0) is 13.9 Å². The summed E-state index contributed by atoms with van der Waals surface area (Å²) in [7, 11) is -2.89. The summed E-state index contributed by atoms with van der Waals surface area (Å²) in [6.07, 6.45) is -0.288. The van der Waals surface area contributed by atoms with Gasteiger partial charge in [-0.05, 0) is 4.57 Å². The maximum absolute atomic E-state index is 9.70. The van der Waals surface area contributed by atoms with Gasteiger partial charge in [-0.3, -0.25) is 4.79 Å². The third-order valence-corrected chi connectivity index (χ3v) is 0.906. The Balaban J connectivity index is 3.10. The normalized spacial score (nSPS) is 11.0. The van der Waals surface area contributed by atoms with Crippen molar-refractivity contribution in [1.82, 2.24) is 0 Å². The standard InChI is InChI=1S/C3H5O5P/c4-3(5)1-2-8-9(6)7/h1-2H2,(H,4,5). The van der Waals surface area contributed by atoms with Crippen LogP contribution in [0, 0.1) is 0 Å². The average molecular weight is 152 g/mol. The molecule has 0 aromatic carbocycles. The highest BCUT2D eigenvalue weighted by atomic mass is 31.1. The summed E-state index contributed by atoms with van der Waals surface area (Å²) in [6.45, 7) is -0.284. The Bertz CT molecular complexity index is 107. The SMILES string of the molecule is O=C(O)CCO[P+](=O)[O-]. The van der Waals surface area contributed by atoms with Crippen LogP contribution in [-0.4, -0.2) is 17.7 Å². The molecule has 52 valence electrons. The monoisotopic (exact) mass is 152 g/mol. The topological polar surface area (TPSA) is 86.7 Å². The van der Waals surface area contributed by atoms with E-state index in [-0.39, 0.29) is 13.0 Å². The van der Waals surface area contributed by atoms with Gasteiger partial charge >= 0.3 is 14.2 Å². The lowest BCUT2D eigenvalue weighted by Gasteiger charge is -1.87. The zero-order chi connectivity index (χ0) is 7.28. The van der Waals surface area contributed by atoms with E-state index < -0.39 is 14.2 Å². The number of carboxylic acids is 1. The van der Waals surface area contributed by atoms with E-state index in [1.807, 2.05) is 0 Å². The quantitative estimate of drug-likeness (QED) is 0.548. The maximum atomic E-state index is 9.70. The summed E-state index contributed by atoms with van der Waals surface area (Å²) in [5, 5.41) is 7.95. The van der Waals surface area contributed by atoms with Gasteiger partial charge in [-0.25, -0.2) is 0 Å². The Morgan fingerprint density at radius 2 is 2.33 bits per heavy atom. The van der Waals surface area contributed by atoms with Gasteiger partial charge < -0.3 is 10.00 Å². The molecule has 0 heterocycles. The van der Waals surface area contributed by atoms with Crippen LogP contribution in [0.3, 0.4) is 0 Å². The van der Waals surface area contributed by atoms with E-state index in [9.17, 15) is 14.3 Å². The number of aliphatic carboxylic acids is 1. The molecule has 1 atom stereocenters. The van der Waals surface area contributed by atoms with Crippen molar-refractivity contribution >= 4 is 14.2 Å². The van der Waals surface area contributed by atoms with E-state index >= 15 is 0 Å². The summed E-state index contributed by atoms with van der Waals surface area (Å²) in [4.78, 5) is 19.3. The molecule has 1 N–H and O–H groups in total. The van der Waals surface area contributed by atoms with Crippen molar-refractivity contribution in [2.45, 2.75) is 6.42 Å². The third kappa shape index (κ3) is 7.49. The number of hydrogen-bond acceptors (Lipinski definition) is 4. The second-order valence-electron chi connectivity index (χ2n) is 1.20. The number of carboxylic acid groups (broad SMARTS) is 1. The summed E-state index contributed by atoms with van der Waals surface area (Å²) < 4.78 is 13.5. The molecule has 0 bridgehead atoms. The zero-order valence-electron chi connectivity index (χ0n) is 4.44. The summed E-state index contributed by atoms with van der Waals surface area (Å²) in [5.74, 6) is -1.08. The fourth-order valence-corrected chi connectivity index (χ4v) is 0.448. The Kier molecular flexibility index (Phi) is 4.13. The predicted octanol–water partition coefficient (Wildman–Crippen LogP) is -0.505. The Morgan fingerprint density at radius 3 is 2.67 bits per heavy atom. The van der Waals surface area contributed by atoms with Crippen molar-refractivity contribution in [3.8, 4) is 0 Å². The fraction of sp³-hybridized carbons (Fsp3) is 0.667. The number of hydrogen-bond donors (Lipinski definition) is 1. The van der Waals surface area contributed by atoms with Gasteiger partial charge in [0.2, 0.25) is 0 Å². The molecule has 0 aromatic rings. The van der Waals surface area contributed by atoms with Gasteiger partial charge in [-0.1, -0.05) is 0 Å². The minimum Gasteiger partial charge on any atom is -0.566 e. The van der Waals surface area contributed by atoms with Gasteiger partial charge in [0.15, 0.2) is 0 Å². The van der Waals surface area contributed by atoms with Crippen LogP contribution in [0.4, 0.5) is 0 Å². The van der Waals surface area contributed by atoms with E-state index in [1.54, 1.807) is 0 Å². The van der Waals surface area contributed by atoms with E-state index in [0.717, 1.165) is 0 Å². The lowest BCUT2D eigenvalue weighted by atomic mass is 10.5. The highest BCUT2D eigenvalue weighted by Crippen LogP contribution is 2.07. The molecular formula is C3H5O5P. The molecule has 0 radical (unpaired) electrons. The van der Waals surface area contributed by atoms with Crippen molar-refractivity contribution in [2.75, 3.05) is 6.61 Å². The van der Waals surface area contributed by atoms with Crippen LogP contribution < -0.4 is 4.89 Å². The fourth-order valence-electron chi connectivity index (χ4n) is 0.207. The molecule has 0 fully saturated rings. The molecule has 6 heteroatoms. The number of carbonyl (C=O) groups is 1. The molecule has 0 aliphatic carbocycles. The second-order valence-corrected chi connectivity index (χ2v) is 1.91. The second kappa shape index (κ2) is 4.38. The van der Waals surface area contributed by atoms with Crippen LogP contribution >= 0.6 is 8.25 Å². The van der Waals surface area contributed by atoms with Crippen LogP contribution in [0.5, 0.6) is 0 Å². The summed E-state index contributed by atoms with van der Waals surface area (Å²) in [5.41, 5.74) is 0. The van der Waals surface area contributed by atoms with Crippen molar-refractivity contribution in [1.29, 1.82) is 0 Å². The Hall–Kier alpha value is -0.510. The first-order chi connectivity index (χ1) is 4.13. The molecule has 0 spiro atoms. The molecule has 0 rings (SSSR count). The largest absolute Gasteiger partial charge is 0.566 e. The first-order valence-electron chi connectivity index (χ1n) is 2.12. The van der Waals surface area contributed by atoms with Crippen LogP contribution in [0.25, 0.3) is 0 Å². The molecule has 0 saturated carbocycles. The molecule has 0 aliphatic heterocycles. The van der Waals surface area contributed by atoms with Crippen LogP contribution in [0.1, 0.15) is 6.42 Å². The van der Waals surface area contributed by atoms with Crippen molar-refractivity contribution in [3.63, 3.8) is 0 Å². The Morgan fingerprint density at radius 1 is 1.78 bits per heavy atom. The molecule has 0 aliphatic rings. The smallest absolute Gasteiger partial charge is 0.488 e. The van der Waals surface area contributed by atoms with Gasteiger partial charge in [0.1, 0.15) is 6.61 Å². The summed E-state index contributed by atoms with van der Waals surface area (Å²) in [6, 6.07) is 0. The minimum atomic E-state index is -2.89. The van der Waals surface area contributed by atoms with Gasteiger partial charge in [0.05, 0.1) is 6.42 Å². The highest BCUT2D eigenvalue weighted by molar-refractivity contribution is 7.30. The predicted molar refractivity (Wildman–Crippen MR) is 25.8 cm³/mol. The molecular weight excluding hydrogens is 147 g/mol. The van der Waals surface area contributed by atoms with Gasteiger partial charge in [0, 0.05) is 0 Å². The number of rotatable bonds is 4. The van der Waals surface area contributed by atoms with Crippen molar-refractivity contribution in [2.24, 2.45) is 0 Å². The first kappa shape index (κ1) is 8.49. The van der Waals surface area contributed by atoms with E-state index in [4.69, 9.17) is 5.11 Å².